The van der Waals surface area contributed by atoms with Crippen LogP contribution in [0.15, 0.2) is 60.8 Å². The summed E-state index contributed by atoms with van der Waals surface area (Å²) in [6, 6.07) is 18.2. The van der Waals surface area contributed by atoms with Gasteiger partial charge in [-0.05, 0) is 73.7 Å². The quantitative estimate of drug-likeness (QED) is 0.521. The first-order valence-corrected chi connectivity index (χ1v) is 10.6. The van der Waals surface area contributed by atoms with Crippen molar-refractivity contribution < 1.29 is 4.79 Å². The van der Waals surface area contributed by atoms with Crippen LogP contribution in [0.1, 0.15) is 59.3 Å². The third-order valence-electron chi connectivity index (χ3n) is 6.16. The number of hydrogen-bond acceptors (Lipinski definition) is 3. The maximum atomic E-state index is 11.5. The van der Waals surface area contributed by atoms with Gasteiger partial charge in [-0.25, -0.2) is 4.68 Å². The van der Waals surface area contributed by atoms with Gasteiger partial charge in [0.05, 0.1) is 16.9 Å². The molecule has 2 aliphatic carbocycles. The number of carbonyl (C=O) groups is 1. The fourth-order valence-corrected chi connectivity index (χ4v) is 4.11. The molecule has 4 aromatic rings. The number of hydrogen-bond donors (Lipinski definition) is 1. The van der Waals surface area contributed by atoms with Crippen molar-refractivity contribution >= 4 is 16.8 Å². The van der Waals surface area contributed by atoms with Gasteiger partial charge in [-0.15, -0.1) is 0 Å². The van der Waals surface area contributed by atoms with Crippen molar-refractivity contribution in [1.82, 2.24) is 14.8 Å². The Bertz CT molecular complexity index is 1280. The molecule has 2 aliphatic rings. The number of carbonyl (C=O) groups excluding carboxylic acids is 1. The molecule has 5 heteroatoms. The second-order valence-electron chi connectivity index (χ2n) is 8.50. The standard InChI is InChI=1S/C25H22N4O/c26-25(30)18-7-10-22-19(11-18)12-20(14-27-22)15-5-8-21(9-6-15)29-24(17-3-4-17)13-23(28-29)16-1-2-16/h5-14,16-17H,1-4H2,(H2,26,30). The van der Waals surface area contributed by atoms with Crippen molar-refractivity contribution in [3.05, 3.63) is 77.7 Å². The van der Waals surface area contributed by atoms with Crippen LogP contribution in [0, 0.1) is 0 Å². The minimum Gasteiger partial charge on any atom is -0.366 e. The van der Waals surface area contributed by atoms with E-state index in [2.05, 4.69) is 46.1 Å². The van der Waals surface area contributed by atoms with E-state index < -0.39 is 5.91 Å². The van der Waals surface area contributed by atoms with E-state index in [1.165, 1.54) is 37.1 Å². The van der Waals surface area contributed by atoms with Crippen LogP contribution in [-0.2, 0) is 0 Å². The van der Waals surface area contributed by atoms with E-state index in [0.29, 0.717) is 17.4 Å². The summed E-state index contributed by atoms with van der Waals surface area (Å²) in [6.07, 6.45) is 6.95. The lowest BCUT2D eigenvalue weighted by Crippen LogP contribution is -2.10. The Morgan fingerprint density at radius 3 is 2.37 bits per heavy atom. The molecule has 1 amide bonds. The number of pyridine rings is 1. The van der Waals surface area contributed by atoms with E-state index in [4.69, 9.17) is 10.8 Å². The molecule has 5 nitrogen and oxygen atoms in total. The lowest BCUT2D eigenvalue weighted by atomic mass is 10.0. The third-order valence-corrected chi connectivity index (χ3v) is 6.16. The summed E-state index contributed by atoms with van der Waals surface area (Å²) in [5.74, 6) is 0.897. The first-order valence-electron chi connectivity index (χ1n) is 10.6. The first kappa shape index (κ1) is 17.4. The summed E-state index contributed by atoms with van der Waals surface area (Å²) in [7, 11) is 0. The van der Waals surface area contributed by atoms with Crippen LogP contribution in [0.4, 0.5) is 0 Å². The zero-order chi connectivity index (χ0) is 20.2. The van der Waals surface area contributed by atoms with Gasteiger partial charge in [0.15, 0.2) is 0 Å². The van der Waals surface area contributed by atoms with Crippen molar-refractivity contribution in [2.75, 3.05) is 0 Å². The van der Waals surface area contributed by atoms with Gasteiger partial charge in [-0.1, -0.05) is 12.1 Å². The first-order chi connectivity index (χ1) is 14.7. The molecule has 2 fully saturated rings. The molecule has 0 aliphatic heterocycles. The van der Waals surface area contributed by atoms with Crippen molar-refractivity contribution in [3.63, 3.8) is 0 Å². The molecule has 0 saturated heterocycles. The topological polar surface area (TPSA) is 73.8 Å². The largest absolute Gasteiger partial charge is 0.366 e. The Kier molecular flexibility index (Phi) is 3.78. The maximum absolute atomic E-state index is 11.5. The Morgan fingerprint density at radius 1 is 0.900 bits per heavy atom. The van der Waals surface area contributed by atoms with Crippen LogP contribution in [0.5, 0.6) is 0 Å². The van der Waals surface area contributed by atoms with Gasteiger partial charge in [0.25, 0.3) is 0 Å². The molecule has 0 atom stereocenters. The van der Waals surface area contributed by atoms with Gasteiger partial charge >= 0.3 is 0 Å². The van der Waals surface area contributed by atoms with Gasteiger partial charge in [0.2, 0.25) is 5.91 Å². The summed E-state index contributed by atoms with van der Waals surface area (Å²) < 4.78 is 2.15. The van der Waals surface area contributed by atoms with E-state index in [-0.39, 0.29) is 0 Å². The van der Waals surface area contributed by atoms with Crippen LogP contribution < -0.4 is 5.73 Å². The molecule has 30 heavy (non-hydrogen) atoms. The minimum atomic E-state index is -0.428. The molecule has 2 aromatic heterocycles. The molecule has 2 heterocycles. The molecule has 2 N–H and O–H groups in total. The van der Waals surface area contributed by atoms with Crippen molar-refractivity contribution in [1.29, 1.82) is 0 Å². The SMILES string of the molecule is NC(=O)c1ccc2ncc(-c3ccc(-n4nc(C5CC5)cc4C4CC4)cc3)cc2c1. The fraction of sp³-hybridized carbons (Fsp3) is 0.240. The van der Waals surface area contributed by atoms with Crippen LogP contribution in [0.3, 0.4) is 0 Å². The highest BCUT2D eigenvalue weighted by molar-refractivity contribution is 5.97. The number of aromatic nitrogens is 3. The van der Waals surface area contributed by atoms with Crippen molar-refractivity contribution in [2.24, 2.45) is 5.73 Å². The van der Waals surface area contributed by atoms with Gasteiger partial charge < -0.3 is 5.73 Å². The molecule has 2 saturated carbocycles. The smallest absolute Gasteiger partial charge is 0.248 e. The van der Waals surface area contributed by atoms with Crippen molar-refractivity contribution in [3.8, 4) is 16.8 Å². The zero-order valence-electron chi connectivity index (χ0n) is 16.6. The molecule has 0 bridgehead atoms. The highest BCUT2D eigenvalue weighted by Gasteiger charge is 2.32. The van der Waals surface area contributed by atoms with Crippen LogP contribution in [-0.4, -0.2) is 20.7 Å². The van der Waals surface area contributed by atoms with E-state index in [0.717, 1.165) is 27.7 Å². The van der Waals surface area contributed by atoms with Gasteiger partial charge in [-0.3, -0.25) is 9.78 Å². The monoisotopic (exact) mass is 394 g/mol. The molecule has 0 spiro atoms. The second-order valence-corrected chi connectivity index (χ2v) is 8.50. The van der Waals surface area contributed by atoms with E-state index in [1.807, 2.05) is 12.3 Å². The molecule has 2 aromatic carbocycles. The highest BCUT2D eigenvalue weighted by Crippen LogP contribution is 2.45. The predicted octanol–water partition coefficient (Wildman–Crippen LogP) is 4.94. The van der Waals surface area contributed by atoms with Crippen LogP contribution in [0.25, 0.3) is 27.7 Å². The average Bonchev–Trinajstić information content (AvgIpc) is 3.71. The Balaban J connectivity index is 1.35. The summed E-state index contributed by atoms with van der Waals surface area (Å²) in [4.78, 5) is 16.0. The Labute approximate surface area is 174 Å². The third kappa shape index (κ3) is 3.07. The molecule has 148 valence electrons. The number of nitrogens with zero attached hydrogens (tertiary/aromatic N) is 3. The number of primary amides is 1. The normalized spacial score (nSPS) is 16.1. The van der Waals surface area contributed by atoms with Crippen LogP contribution in [0.2, 0.25) is 0 Å². The molecular weight excluding hydrogens is 372 g/mol. The van der Waals surface area contributed by atoms with Gasteiger partial charge in [0.1, 0.15) is 0 Å². The second kappa shape index (κ2) is 6.52. The number of rotatable bonds is 5. The molecule has 0 radical (unpaired) electrons. The summed E-state index contributed by atoms with van der Waals surface area (Å²) in [6.45, 7) is 0. The summed E-state index contributed by atoms with van der Waals surface area (Å²) >= 11 is 0. The van der Waals surface area contributed by atoms with Gasteiger partial charge in [0, 0.05) is 40.2 Å². The summed E-state index contributed by atoms with van der Waals surface area (Å²) in [5.41, 5.74) is 12.6. The molecule has 6 rings (SSSR count). The lowest BCUT2D eigenvalue weighted by molar-refractivity contribution is 0.100. The van der Waals surface area contributed by atoms with E-state index in [1.54, 1.807) is 12.1 Å². The Morgan fingerprint density at radius 2 is 1.67 bits per heavy atom. The number of benzene rings is 2. The highest BCUT2D eigenvalue weighted by atomic mass is 16.1. The fourth-order valence-electron chi connectivity index (χ4n) is 4.11. The van der Waals surface area contributed by atoms with Crippen molar-refractivity contribution in [2.45, 2.75) is 37.5 Å². The van der Waals surface area contributed by atoms with Gasteiger partial charge in [-0.2, -0.15) is 5.10 Å². The summed E-state index contributed by atoms with van der Waals surface area (Å²) in [5, 5.41) is 5.84. The number of fused-ring (bicyclic) bond motifs is 1. The predicted molar refractivity (Wildman–Crippen MR) is 117 cm³/mol. The number of amides is 1. The van der Waals surface area contributed by atoms with E-state index >= 15 is 0 Å². The minimum absolute atomic E-state index is 0.428. The molecular formula is C25H22N4O. The average molecular weight is 394 g/mol. The number of nitrogens with two attached hydrogens (primary N) is 1. The lowest BCUT2D eigenvalue weighted by Gasteiger charge is -2.09. The van der Waals surface area contributed by atoms with Crippen LogP contribution >= 0.6 is 0 Å². The molecule has 0 unspecified atom stereocenters. The van der Waals surface area contributed by atoms with E-state index in [9.17, 15) is 4.79 Å². The Hall–Kier alpha value is -3.47. The zero-order valence-corrected chi connectivity index (χ0v) is 16.6. The maximum Gasteiger partial charge on any atom is 0.248 e.